The summed E-state index contributed by atoms with van der Waals surface area (Å²) in [6, 6.07) is 7.45. The Kier molecular flexibility index (Phi) is 3.90. The molecule has 0 saturated carbocycles. The molecule has 2 rings (SSSR count). The van der Waals surface area contributed by atoms with E-state index in [9.17, 15) is 4.79 Å². The highest BCUT2D eigenvalue weighted by atomic mass is 16.5. The highest BCUT2D eigenvalue weighted by Crippen LogP contribution is 2.17. The van der Waals surface area contributed by atoms with Crippen LogP contribution in [0.25, 0.3) is 0 Å². The monoisotopic (exact) mass is 246 g/mol. The molecule has 2 N–H and O–H groups in total. The summed E-state index contributed by atoms with van der Waals surface area (Å²) in [4.78, 5) is 15.7. The van der Waals surface area contributed by atoms with E-state index in [1.165, 1.54) is 6.33 Å². The first-order valence-electron chi connectivity index (χ1n) is 5.52. The van der Waals surface area contributed by atoms with Gasteiger partial charge in [-0.15, -0.1) is 0 Å². The van der Waals surface area contributed by atoms with Crippen LogP contribution in [0.15, 0.2) is 30.6 Å². The highest BCUT2D eigenvalue weighted by molar-refractivity contribution is 5.79. The summed E-state index contributed by atoms with van der Waals surface area (Å²) in [5.74, 6) is 1.26. The average molecular weight is 246 g/mol. The van der Waals surface area contributed by atoms with E-state index in [-0.39, 0.29) is 12.3 Å². The minimum Gasteiger partial charge on any atom is -0.496 e. The van der Waals surface area contributed by atoms with Crippen molar-refractivity contribution in [1.29, 1.82) is 0 Å². The van der Waals surface area contributed by atoms with Crippen molar-refractivity contribution in [3.63, 3.8) is 0 Å². The van der Waals surface area contributed by atoms with Crippen LogP contribution in [-0.2, 0) is 17.8 Å². The van der Waals surface area contributed by atoms with Gasteiger partial charge in [0.15, 0.2) is 0 Å². The Morgan fingerprint density at radius 1 is 1.44 bits per heavy atom. The molecule has 0 spiro atoms. The van der Waals surface area contributed by atoms with Crippen molar-refractivity contribution in [2.45, 2.75) is 13.0 Å². The Morgan fingerprint density at radius 2 is 2.28 bits per heavy atom. The Morgan fingerprint density at radius 3 is 3.00 bits per heavy atom. The van der Waals surface area contributed by atoms with Crippen molar-refractivity contribution in [2.24, 2.45) is 0 Å². The molecule has 0 aliphatic heterocycles. The quantitative estimate of drug-likeness (QED) is 0.812. The van der Waals surface area contributed by atoms with Crippen LogP contribution in [-0.4, -0.2) is 28.2 Å². The lowest BCUT2D eigenvalue weighted by Gasteiger charge is -2.07. The third kappa shape index (κ3) is 3.07. The number of hydrogen-bond donors (Lipinski definition) is 2. The highest BCUT2D eigenvalue weighted by Gasteiger charge is 2.08. The second-order valence-corrected chi connectivity index (χ2v) is 3.70. The van der Waals surface area contributed by atoms with E-state index >= 15 is 0 Å². The van der Waals surface area contributed by atoms with E-state index in [4.69, 9.17) is 4.74 Å². The van der Waals surface area contributed by atoms with E-state index in [2.05, 4.69) is 20.5 Å². The fourth-order valence-corrected chi connectivity index (χ4v) is 1.58. The molecule has 0 atom stereocenters. The first-order chi connectivity index (χ1) is 8.79. The molecule has 0 fully saturated rings. The lowest BCUT2D eigenvalue weighted by Crippen LogP contribution is -2.25. The second kappa shape index (κ2) is 5.81. The number of aromatic nitrogens is 3. The molecule has 94 valence electrons. The van der Waals surface area contributed by atoms with Gasteiger partial charge in [-0.1, -0.05) is 18.2 Å². The van der Waals surface area contributed by atoms with Crippen LogP contribution >= 0.6 is 0 Å². The van der Waals surface area contributed by atoms with E-state index in [1.54, 1.807) is 7.11 Å². The fraction of sp³-hybridized carbons (Fsp3) is 0.250. The van der Waals surface area contributed by atoms with Gasteiger partial charge in [0.2, 0.25) is 5.91 Å². The van der Waals surface area contributed by atoms with Crippen molar-refractivity contribution in [3.8, 4) is 5.75 Å². The van der Waals surface area contributed by atoms with Gasteiger partial charge in [0.05, 0.1) is 20.1 Å². The van der Waals surface area contributed by atoms with E-state index in [1.807, 2.05) is 24.3 Å². The molecule has 18 heavy (non-hydrogen) atoms. The second-order valence-electron chi connectivity index (χ2n) is 3.70. The van der Waals surface area contributed by atoms with Gasteiger partial charge in [-0.2, -0.15) is 5.10 Å². The van der Waals surface area contributed by atoms with Crippen LogP contribution in [0.5, 0.6) is 5.75 Å². The molecule has 1 aromatic carbocycles. The maximum Gasteiger partial charge on any atom is 0.224 e. The number of methoxy groups -OCH3 is 1. The number of H-pyrrole nitrogens is 1. The van der Waals surface area contributed by atoms with Crippen LogP contribution in [0.3, 0.4) is 0 Å². The zero-order chi connectivity index (χ0) is 12.8. The number of aromatic amines is 1. The van der Waals surface area contributed by atoms with Crippen molar-refractivity contribution in [1.82, 2.24) is 20.5 Å². The molecule has 6 nitrogen and oxygen atoms in total. The molecule has 0 aliphatic carbocycles. The third-order valence-corrected chi connectivity index (χ3v) is 2.46. The number of ether oxygens (including phenoxy) is 1. The van der Waals surface area contributed by atoms with Gasteiger partial charge in [0.25, 0.3) is 0 Å². The van der Waals surface area contributed by atoms with Crippen molar-refractivity contribution >= 4 is 5.91 Å². The zero-order valence-corrected chi connectivity index (χ0v) is 10.0. The van der Waals surface area contributed by atoms with Gasteiger partial charge in [0.1, 0.15) is 17.9 Å². The summed E-state index contributed by atoms with van der Waals surface area (Å²) in [6.07, 6.45) is 1.68. The lowest BCUT2D eigenvalue weighted by atomic mass is 10.1. The Bertz CT molecular complexity index is 511. The van der Waals surface area contributed by atoms with Crippen LogP contribution in [0.2, 0.25) is 0 Å². The van der Waals surface area contributed by atoms with E-state index in [0.29, 0.717) is 18.1 Å². The predicted molar refractivity (Wildman–Crippen MR) is 64.9 cm³/mol. The summed E-state index contributed by atoms with van der Waals surface area (Å²) >= 11 is 0. The van der Waals surface area contributed by atoms with Crippen LogP contribution < -0.4 is 10.1 Å². The maximum atomic E-state index is 11.7. The molecule has 1 heterocycles. The first-order valence-corrected chi connectivity index (χ1v) is 5.52. The predicted octanol–water partition coefficient (Wildman–Crippen LogP) is 0.672. The number of carbonyl (C=O) groups is 1. The standard InChI is InChI=1S/C12H14N4O2/c1-18-10-5-3-2-4-9(10)6-12(17)13-7-11-14-8-15-16-11/h2-5,8H,6-7H2,1H3,(H,13,17)(H,14,15,16). The topological polar surface area (TPSA) is 79.9 Å². The number of carbonyl (C=O) groups excluding carboxylic acids is 1. The van der Waals surface area contributed by atoms with Gasteiger partial charge < -0.3 is 10.1 Å². The van der Waals surface area contributed by atoms with Gasteiger partial charge in [-0.25, -0.2) is 4.98 Å². The Labute approximate surface area is 104 Å². The van der Waals surface area contributed by atoms with Gasteiger partial charge in [-0.05, 0) is 6.07 Å². The van der Waals surface area contributed by atoms with E-state index in [0.717, 1.165) is 5.56 Å². The molecular weight excluding hydrogens is 232 g/mol. The van der Waals surface area contributed by atoms with Gasteiger partial charge in [-0.3, -0.25) is 9.89 Å². The zero-order valence-electron chi connectivity index (χ0n) is 10.0. The SMILES string of the molecule is COc1ccccc1CC(=O)NCc1ncn[nH]1. The van der Waals surface area contributed by atoms with Gasteiger partial charge >= 0.3 is 0 Å². The summed E-state index contributed by atoms with van der Waals surface area (Å²) in [7, 11) is 1.59. The summed E-state index contributed by atoms with van der Waals surface area (Å²) in [5.41, 5.74) is 0.857. The van der Waals surface area contributed by atoms with Crippen LogP contribution in [0.1, 0.15) is 11.4 Å². The summed E-state index contributed by atoms with van der Waals surface area (Å²) in [6.45, 7) is 0.341. The molecule has 0 radical (unpaired) electrons. The van der Waals surface area contributed by atoms with E-state index < -0.39 is 0 Å². The number of hydrogen-bond acceptors (Lipinski definition) is 4. The normalized spacial score (nSPS) is 10.1. The number of benzene rings is 1. The smallest absolute Gasteiger partial charge is 0.224 e. The summed E-state index contributed by atoms with van der Waals surface area (Å²) in [5, 5.41) is 9.14. The molecule has 1 amide bonds. The molecule has 0 unspecified atom stereocenters. The van der Waals surface area contributed by atoms with Crippen molar-refractivity contribution in [3.05, 3.63) is 42.0 Å². The van der Waals surface area contributed by atoms with Crippen LogP contribution in [0.4, 0.5) is 0 Å². The number of para-hydroxylation sites is 1. The summed E-state index contributed by atoms with van der Waals surface area (Å²) < 4.78 is 5.19. The minimum absolute atomic E-state index is 0.0871. The molecule has 2 aromatic rings. The first kappa shape index (κ1) is 12.1. The molecular formula is C12H14N4O2. The van der Waals surface area contributed by atoms with Crippen LogP contribution in [0, 0.1) is 0 Å². The maximum absolute atomic E-state index is 11.7. The number of amides is 1. The largest absolute Gasteiger partial charge is 0.496 e. The minimum atomic E-state index is -0.0871. The average Bonchev–Trinajstić information content (AvgIpc) is 2.90. The number of rotatable bonds is 5. The molecule has 0 bridgehead atoms. The van der Waals surface area contributed by atoms with Gasteiger partial charge in [0, 0.05) is 5.56 Å². The molecule has 6 heteroatoms. The molecule has 1 aromatic heterocycles. The fourth-order valence-electron chi connectivity index (χ4n) is 1.58. The Balaban J connectivity index is 1.90. The number of nitrogens with one attached hydrogen (secondary N) is 2. The molecule has 0 aliphatic rings. The van der Waals surface area contributed by atoms with Crippen molar-refractivity contribution < 1.29 is 9.53 Å². The molecule has 0 saturated heterocycles. The third-order valence-electron chi connectivity index (χ3n) is 2.46. The lowest BCUT2D eigenvalue weighted by molar-refractivity contribution is -0.120. The van der Waals surface area contributed by atoms with Crippen molar-refractivity contribution in [2.75, 3.05) is 7.11 Å². The number of nitrogens with zero attached hydrogens (tertiary/aromatic N) is 2. The Hall–Kier alpha value is -2.37.